The first kappa shape index (κ1) is 13.5. The summed E-state index contributed by atoms with van der Waals surface area (Å²) in [6.07, 6.45) is 0.945. The summed E-state index contributed by atoms with van der Waals surface area (Å²) in [7, 11) is 1.32. The molecule has 1 N–H and O–H groups in total. The number of aromatic nitrogens is 2. The zero-order valence-corrected chi connectivity index (χ0v) is 11.6. The number of rotatable bonds is 5. The number of hydrogen-bond donors (Lipinski definition) is 1. The van der Waals surface area contributed by atoms with E-state index in [0.29, 0.717) is 5.82 Å². The van der Waals surface area contributed by atoms with E-state index in [2.05, 4.69) is 33.2 Å². The molecule has 0 aliphatic rings. The highest BCUT2D eigenvalue weighted by Gasteiger charge is 2.12. The largest absolute Gasteiger partial charge is 0.464 e. The molecule has 0 aliphatic carbocycles. The molecule has 2 rings (SSSR count). The molecule has 0 fully saturated rings. The van der Waals surface area contributed by atoms with E-state index in [9.17, 15) is 4.79 Å². The predicted molar refractivity (Wildman–Crippen MR) is 74.3 cm³/mol. The normalized spacial score (nSPS) is 11.9. The Kier molecular flexibility index (Phi) is 4.46. The molecule has 19 heavy (non-hydrogen) atoms. The maximum atomic E-state index is 11.2. The van der Waals surface area contributed by atoms with Crippen LogP contribution in [0, 0.1) is 0 Å². The topological polar surface area (TPSA) is 64.1 Å². The predicted octanol–water partition coefficient (Wildman–Crippen LogP) is 2.89. The molecule has 0 spiro atoms. The molecule has 0 aliphatic heterocycles. The molecule has 1 unspecified atom stereocenters. The van der Waals surface area contributed by atoms with Crippen LogP contribution >= 0.6 is 11.3 Å². The van der Waals surface area contributed by atoms with Crippen LogP contribution in [0.15, 0.2) is 29.6 Å². The van der Waals surface area contributed by atoms with Gasteiger partial charge in [0.2, 0.25) is 0 Å². The molecule has 0 bridgehead atoms. The summed E-state index contributed by atoms with van der Waals surface area (Å²) < 4.78 is 4.58. The highest BCUT2D eigenvalue weighted by atomic mass is 32.1. The Bertz CT molecular complexity index is 525. The second kappa shape index (κ2) is 6.29. The van der Waals surface area contributed by atoms with Crippen LogP contribution in [0.3, 0.4) is 0 Å². The Balaban J connectivity index is 2.08. The molecule has 1 atom stereocenters. The molecule has 0 amide bonds. The van der Waals surface area contributed by atoms with Crippen molar-refractivity contribution in [1.82, 2.24) is 10.2 Å². The van der Waals surface area contributed by atoms with E-state index >= 15 is 0 Å². The third kappa shape index (κ3) is 3.29. The number of esters is 1. The van der Waals surface area contributed by atoms with Gasteiger partial charge in [-0.1, -0.05) is 13.0 Å². The van der Waals surface area contributed by atoms with Crippen molar-refractivity contribution in [1.29, 1.82) is 0 Å². The van der Waals surface area contributed by atoms with E-state index in [0.717, 1.165) is 6.42 Å². The number of nitrogens with zero attached hydrogens (tertiary/aromatic N) is 2. The quantitative estimate of drug-likeness (QED) is 0.851. The zero-order valence-electron chi connectivity index (χ0n) is 10.8. The molecule has 2 aromatic rings. The number of thiophene rings is 1. The first-order valence-corrected chi connectivity index (χ1v) is 6.84. The van der Waals surface area contributed by atoms with Crippen LogP contribution in [-0.4, -0.2) is 23.3 Å². The number of methoxy groups -OCH3 is 1. The number of carbonyl (C=O) groups is 1. The molecule has 0 saturated carbocycles. The Morgan fingerprint density at radius 2 is 2.26 bits per heavy atom. The highest BCUT2D eigenvalue weighted by Crippen LogP contribution is 2.25. The Morgan fingerprint density at radius 3 is 2.79 bits per heavy atom. The van der Waals surface area contributed by atoms with Crippen LogP contribution in [0.25, 0.3) is 0 Å². The average Bonchev–Trinajstić information content (AvgIpc) is 2.98. The Morgan fingerprint density at radius 1 is 1.42 bits per heavy atom. The van der Waals surface area contributed by atoms with Crippen LogP contribution in [0.1, 0.15) is 34.8 Å². The standard InChI is InChI=1S/C13H15N3O2S/c1-3-9(11-5-4-8-19-11)14-12-7-6-10(15-16-12)13(17)18-2/h4-9H,3H2,1-2H3,(H,14,16). The number of anilines is 1. The lowest BCUT2D eigenvalue weighted by Crippen LogP contribution is -2.11. The summed E-state index contributed by atoms with van der Waals surface area (Å²) in [5.41, 5.74) is 0.206. The molecule has 0 saturated heterocycles. The summed E-state index contributed by atoms with van der Waals surface area (Å²) >= 11 is 1.70. The van der Waals surface area contributed by atoms with Crippen LogP contribution in [0.2, 0.25) is 0 Å². The summed E-state index contributed by atoms with van der Waals surface area (Å²) in [5.74, 6) is 0.164. The van der Waals surface area contributed by atoms with E-state index in [1.807, 2.05) is 11.4 Å². The molecule has 100 valence electrons. The smallest absolute Gasteiger partial charge is 0.358 e. The van der Waals surface area contributed by atoms with Crippen LogP contribution in [-0.2, 0) is 4.74 Å². The van der Waals surface area contributed by atoms with Gasteiger partial charge < -0.3 is 10.1 Å². The molecule has 5 nitrogen and oxygen atoms in total. The maximum Gasteiger partial charge on any atom is 0.358 e. The molecule has 0 radical (unpaired) electrons. The van der Waals surface area contributed by atoms with Crippen LogP contribution in [0.5, 0.6) is 0 Å². The minimum Gasteiger partial charge on any atom is -0.464 e. The van der Waals surface area contributed by atoms with Crippen molar-refractivity contribution in [3.05, 3.63) is 40.2 Å². The van der Waals surface area contributed by atoms with E-state index in [-0.39, 0.29) is 11.7 Å². The average molecular weight is 277 g/mol. The summed E-state index contributed by atoms with van der Waals surface area (Å²) in [4.78, 5) is 12.5. The van der Waals surface area contributed by atoms with Crippen LogP contribution < -0.4 is 5.32 Å². The maximum absolute atomic E-state index is 11.2. The fourth-order valence-electron chi connectivity index (χ4n) is 1.67. The number of carbonyl (C=O) groups excluding carboxylic acids is 1. The van der Waals surface area contributed by atoms with Gasteiger partial charge in [0.15, 0.2) is 5.69 Å². The van der Waals surface area contributed by atoms with Crippen molar-refractivity contribution >= 4 is 23.1 Å². The van der Waals surface area contributed by atoms with Gasteiger partial charge in [-0.3, -0.25) is 0 Å². The van der Waals surface area contributed by atoms with Crippen molar-refractivity contribution in [3.8, 4) is 0 Å². The van der Waals surface area contributed by atoms with Gasteiger partial charge in [-0.15, -0.1) is 21.5 Å². The van der Waals surface area contributed by atoms with Gasteiger partial charge in [-0.25, -0.2) is 4.79 Å². The van der Waals surface area contributed by atoms with Crippen LogP contribution in [0.4, 0.5) is 5.82 Å². The van der Waals surface area contributed by atoms with Crippen molar-refractivity contribution in [2.75, 3.05) is 12.4 Å². The molecule has 2 aromatic heterocycles. The number of ether oxygens (including phenoxy) is 1. The molecule has 2 heterocycles. The first-order valence-electron chi connectivity index (χ1n) is 5.96. The lowest BCUT2D eigenvalue weighted by Gasteiger charge is -2.15. The monoisotopic (exact) mass is 277 g/mol. The van der Waals surface area contributed by atoms with Gasteiger partial charge in [0.25, 0.3) is 0 Å². The summed E-state index contributed by atoms with van der Waals surface area (Å²) in [6.45, 7) is 2.10. The lowest BCUT2D eigenvalue weighted by atomic mass is 10.2. The van der Waals surface area contributed by atoms with Gasteiger partial charge in [-0.05, 0) is 30.0 Å². The molecule has 0 aromatic carbocycles. The van der Waals surface area contributed by atoms with Crippen molar-refractivity contribution in [3.63, 3.8) is 0 Å². The van der Waals surface area contributed by atoms with Gasteiger partial charge in [0.05, 0.1) is 13.2 Å². The number of hydrogen-bond acceptors (Lipinski definition) is 6. The number of nitrogens with one attached hydrogen (secondary N) is 1. The fourth-order valence-corrected chi connectivity index (χ4v) is 2.53. The van der Waals surface area contributed by atoms with E-state index in [4.69, 9.17) is 0 Å². The van der Waals surface area contributed by atoms with E-state index in [1.165, 1.54) is 12.0 Å². The van der Waals surface area contributed by atoms with Gasteiger partial charge in [0, 0.05) is 4.88 Å². The molecule has 6 heteroatoms. The Hall–Kier alpha value is -1.95. The van der Waals surface area contributed by atoms with Gasteiger partial charge >= 0.3 is 5.97 Å². The van der Waals surface area contributed by atoms with Crippen molar-refractivity contribution in [2.24, 2.45) is 0 Å². The van der Waals surface area contributed by atoms with Crippen molar-refractivity contribution in [2.45, 2.75) is 19.4 Å². The van der Waals surface area contributed by atoms with E-state index in [1.54, 1.807) is 23.5 Å². The molecular weight excluding hydrogens is 262 g/mol. The van der Waals surface area contributed by atoms with E-state index < -0.39 is 5.97 Å². The lowest BCUT2D eigenvalue weighted by molar-refractivity contribution is 0.0593. The SMILES string of the molecule is CCC(Nc1ccc(C(=O)OC)nn1)c1cccs1. The fraction of sp³-hybridized carbons (Fsp3) is 0.308. The van der Waals surface area contributed by atoms with Gasteiger partial charge in [-0.2, -0.15) is 0 Å². The third-order valence-electron chi connectivity index (χ3n) is 2.68. The summed E-state index contributed by atoms with van der Waals surface area (Å²) in [5, 5.41) is 13.2. The second-order valence-electron chi connectivity index (χ2n) is 3.92. The summed E-state index contributed by atoms with van der Waals surface area (Å²) in [6, 6.07) is 7.65. The minimum atomic E-state index is -0.482. The zero-order chi connectivity index (χ0) is 13.7. The second-order valence-corrected chi connectivity index (χ2v) is 4.90. The molecular formula is C13H15N3O2S. The van der Waals surface area contributed by atoms with Gasteiger partial charge in [0.1, 0.15) is 5.82 Å². The van der Waals surface area contributed by atoms with Crippen molar-refractivity contribution < 1.29 is 9.53 Å². The first-order chi connectivity index (χ1) is 9.24. The highest BCUT2D eigenvalue weighted by molar-refractivity contribution is 7.10. The minimum absolute atomic E-state index is 0.206. The third-order valence-corrected chi connectivity index (χ3v) is 3.66. The Labute approximate surface area is 115 Å².